The largest absolute Gasteiger partial charge is 0.346 e. The molecule has 2 atom stereocenters. The van der Waals surface area contributed by atoms with E-state index >= 15 is 0 Å². The van der Waals surface area contributed by atoms with Crippen LogP contribution in [0.1, 0.15) is 25.8 Å². The van der Waals surface area contributed by atoms with Gasteiger partial charge in [-0.25, -0.2) is 4.98 Å². The van der Waals surface area contributed by atoms with Gasteiger partial charge in [0.2, 0.25) is 0 Å². The Balaban J connectivity index is 1.96. The molecule has 2 N–H and O–H groups in total. The fraction of sp³-hybridized carbons (Fsp3) is 0.400. The molecule has 1 fully saturated rings. The van der Waals surface area contributed by atoms with Crippen molar-refractivity contribution in [3.05, 3.63) is 30.7 Å². The summed E-state index contributed by atoms with van der Waals surface area (Å²) in [6.45, 7) is 3.42. The Morgan fingerprint density at radius 2 is 2.32 bits per heavy atom. The molecule has 4 rings (SSSR count). The summed E-state index contributed by atoms with van der Waals surface area (Å²) in [5.74, 6) is 0. The van der Waals surface area contributed by atoms with Crippen molar-refractivity contribution in [3.8, 4) is 0 Å². The van der Waals surface area contributed by atoms with E-state index in [0.29, 0.717) is 12.1 Å². The van der Waals surface area contributed by atoms with Crippen molar-refractivity contribution >= 4 is 21.9 Å². The number of nitrogens with zero attached hydrogens (tertiary/aromatic N) is 2. The summed E-state index contributed by atoms with van der Waals surface area (Å²) >= 11 is 0. The fourth-order valence-corrected chi connectivity index (χ4v) is 3.34. The summed E-state index contributed by atoms with van der Waals surface area (Å²) in [6, 6.07) is 5.36. The maximum atomic E-state index is 4.46. The van der Waals surface area contributed by atoms with E-state index in [-0.39, 0.29) is 0 Å². The highest BCUT2D eigenvalue weighted by atomic mass is 15.1. The number of aromatic amines is 1. The van der Waals surface area contributed by atoms with Crippen molar-refractivity contribution < 1.29 is 0 Å². The van der Waals surface area contributed by atoms with E-state index in [2.05, 4.69) is 45.1 Å². The van der Waals surface area contributed by atoms with Crippen LogP contribution >= 0.6 is 0 Å². The third kappa shape index (κ3) is 1.60. The van der Waals surface area contributed by atoms with E-state index in [1.54, 1.807) is 0 Å². The lowest BCUT2D eigenvalue weighted by Gasteiger charge is -2.32. The molecule has 1 aliphatic heterocycles. The van der Waals surface area contributed by atoms with Gasteiger partial charge in [-0.2, -0.15) is 0 Å². The van der Waals surface area contributed by atoms with Crippen molar-refractivity contribution in [3.63, 3.8) is 0 Å². The minimum absolute atomic E-state index is 0.520. The number of hydrogen-bond donors (Lipinski definition) is 2. The molecule has 4 heteroatoms. The molecule has 0 spiro atoms. The summed E-state index contributed by atoms with van der Waals surface area (Å²) in [4.78, 5) is 7.67. The van der Waals surface area contributed by atoms with Gasteiger partial charge in [-0.3, -0.25) is 0 Å². The third-order valence-electron chi connectivity index (χ3n) is 4.34. The predicted octanol–water partition coefficient (Wildman–Crippen LogP) is 2.83. The molecule has 98 valence electrons. The molecular formula is C15H18N4. The van der Waals surface area contributed by atoms with Crippen LogP contribution in [0.3, 0.4) is 0 Å². The molecule has 0 unspecified atom stereocenters. The van der Waals surface area contributed by atoms with Crippen molar-refractivity contribution in [2.75, 3.05) is 6.54 Å². The van der Waals surface area contributed by atoms with Crippen LogP contribution in [0.25, 0.3) is 21.9 Å². The second kappa shape index (κ2) is 4.10. The molecule has 0 amide bonds. The van der Waals surface area contributed by atoms with E-state index in [4.69, 9.17) is 0 Å². The van der Waals surface area contributed by atoms with Gasteiger partial charge in [-0.1, -0.05) is 0 Å². The normalized spacial score (nSPS) is 24.3. The molecule has 0 saturated carbocycles. The van der Waals surface area contributed by atoms with E-state index < -0.39 is 0 Å². The van der Waals surface area contributed by atoms with Crippen LogP contribution in [0.4, 0.5) is 0 Å². The monoisotopic (exact) mass is 254 g/mol. The Morgan fingerprint density at radius 3 is 3.21 bits per heavy atom. The quantitative estimate of drug-likeness (QED) is 0.701. The number of hydrogen-bond acceptors (Lipinski definition) is 2. The first kappa shape index (κ1) is 11.1. The molecule has 3 aromatic rings. The van der Waals surface area contributed by atoms with Gasteiger partial charge in [-0.15, -0.1) is 0 Å². The highest BCUT2D eigenvalue weighted by Crippen LogP contribution is 2.31. The Hall–Kier alpha value is -1.81. The zero-order valence-electron chi connectivity index (χ0n) is 11.1. The van der Waals surface area contributed by atoms with E-state index in [1.165, 1.54) is 29.1 Å². The lowest BCUT2D eigenvalue weighted by Crippen LogP contribution is -2.39. The van der Waals surface area contributed by atoms with Gasteiger partial charge in [0.05, 0.1) is 5.52 Å². The maximum Gasteiger partial charge on any atom is 0.139 e. The van der Waals surface area contributed by atoms with Crippen LogP contribution in [0.15, 0.2) is 30.7 Å². The Labute approximate surface area is 111 Å². The van der Waals surface area contributed by atoms with Crippen LogP contribution in [0, 0.1) is 0 Å². The van der Waals surface area contributed by atoms with Crippen LogP contribution in [-0.4, -0.2) is 27.1 Å². The van der Waals surface area contributed by atoms with E-state index in [9.17, 15) is 0 Å². The number of H-pyrrole nitrogens is 1. The lowest BCUT2D eigenvalue weighted by molar-refractivity contribution is 0.302. The zero-order chi connectivity index (χ0) is 12.8. The molecule has 19 heavy (non-hydrogen) atoms. The van der Waals surface area contributed by atoms with Gasteiger partial charge in [0.25, 0.3) is 0 Å². The van der Waals surface area contributed by atoms with Crippen molar-refractivity contribution in [2.24, 2.45) is 0 Å². The fourth-order valence-electron chi connectivity index (χ4n) is 3.34. The summed E-state index contributed by atoms with van der Waals surface area (Å²) in [6.07, 6.45) is 8.64. The average molecular weight is 254 g/mol. The summed E-state index contributed by atoms with van der Waals surface area (Å²) in [5.41, 5.74) is 2.29. The minimum atomic E-state index is 0.520. The Bertz CT molecular complexity index is 724. The maximum absolute atomic E-state index is 4.46. The van der Waals surface area contributed by atoms with Gasteiger partial charge < -0.3 is 14.9 Å². The summed E-state index contributed by atoms with van der Waals surface area (Å²) in [5, 5.41) is 6.03. The van der Waals surface area contributed by atoms with Gasteiger partial charge in [0.15, 0.2) is 0 Å². The van der Waals surface area contributed by atoms with Crippen LogP contribution in [-0.2, 0) is 0 Å². The lowest BCUT2D eigenvalue weighted by atomic mass is 9.99. The molecule has 0 radical (unpaired) electrons. The first-order valence-electron chi connectivity index (χ1n) is 7.00. The third-order valence-corrected chi connectivity index (χ3v) is 4.34. The topological polar surface area (TPSA) is 45.6 Å². The van der Waals surface area contributed by atoms with E-state index in [0.717, 1.165) is 12.2 Å². The van der Waals surface area contributed by atoms with Gasteiger partial charge >= 0.3 is 0 Å². The smallest absolute Gasteiger partial charge is 0.139 e. The van der Waals surface area contributed by atoms with Gasteiger partial charge in [-0.05, 0) is 38.4 Å². The molecule has 1 aliphatic rings. The van der Waals surface area contributed by atoms with Crippen molar-refractivity contribution in [1.82, 2.24) is 19.9 Å². The first-order chi connectivity index (χ1) is 9.34. The second-order valence-corrected chi connectivity index (χ2v) is 5.48. The van der Waals surface area contributed by atoms with Gasteiger partial charge in [0, 0.05) is 41.4 Å². The SMILES string of the molecule is C[C@H]1NCCC[C@H]1n1ccc2cnc3[nH]ccc3c21. The molecule has 0 bridgehead atoms. The molecule has 4 heterocycles. The van der Waals surface area contributed by atoms with Crippen LogP contribution < -0.4 is 5.32 Å². The number of nitrogens with one attached hydrogen (secondary N) is 2. The molecule has 1 saturated heterocycles. The predicted molar refractivity (Wildman–Crippen MR) is 77.3 cm³/mol. The number of fused-ring (bicyclic) bond motifs is 3. The zero-order valence-corrected chi connectivity index (χ0v) is 11.1. The number of rotatable bonds is 1. The van der Waals surface area contributed by atoms with Crippen LogP contribution in [0.5, 0.6) is 0 Å². The van der Waals surface area contributed by atoms with Crippen LogP contribution in [0.2, 0.25) is 0 Å². The van der Waals surface area contributed by atoms with E-state index in [1.807, 2.05) is 12.4 Å². The van der Waals surface area contributed by atoms with Crippen molar-refractivity contribution in [2.45, 2.75) is 31.8 Å². The molecule has 4 nitrogen and oxygen atoms in total. The second-order valence-electron chi connectivity index (χ2n) is 5.48. The van der Waals surface area contributed by atoms with Crippen molar-refractivity contribution in [1.29, 1.82) is 0 Å². The first-order valence-corrected chi connectivity index (χ1v) is 7.00. The molecule has 0 aromatic carbocycles. The summed E-state index contributed by atoms with van der Waals surface area (Å²) in [7, 11) is 0. The Kier molecular flexibility index (Phi) is 2.38. The number of pyridine rings is 1. The standard InChI is InChI=1S/C15H18N4/c1-10-13(3-2-6-16-10)19-8-5-11-9-18-15-12(14(11)19)4-7-17-15/h4-5,7-10,13,16H,2-3,6H2,1H3,(H,17,18)/t10-,13-/m1/s1. The molecule has 3 aromatic heterocycles. The summed E-state index contributed by atoms with van der Waals surface area (Å²) < 4.78 is 2.43. The molecule has 0 aliphatic carbocycles. The van der Waals surface area contributed by atoms with Gasteiger partial charge in [0.1, 0.15) is 5.65 Å². The average Bonchev–Trinajstić information content (AvgIpc) is 3.04. The number of aromatic nitrogens is 3. The number of piperidine rings is 1. The highest BCUT2D eigenvalue weighted by molar-refractivity contribution is 6.02. The Morgan fingerprint density at radius 1 is 1.37 bits per heavy atom. The minimum Gasteiger partial charge on any atom is -0.346 e. The highest BCUT2D eigenvalue weighted by Gasteiger charge is 2.24. The molecular weight excluding hydrogens is 236 g/mol.